The third kappa shape index (κ3) is 2.87. The van der Waals surface area contributed by atoms with Crippen molar-refractivity contribution in [2.75, 3.05) is 5.32 Å². The molecule has 5 heteroatoms. The van der Waals surface area contributed by atoms with Crippen LogP contribution in [0.3, 0.4) is 0 Å². The van der Waals surface area contributed by atoms with E-state index in [1.807, 2.05) is 6.92 Å². The second kappa shape index (κ2) is 4.61. The largest absolute Gasteiger partial charge is 0.320 e. The highest BCUT2D eigenvalue weighted by Gasteiger charge is 2.12. The lowest BCUT2D eigenvalue weighted by atomic mass is 10.2. The summed E-state index contributed by atoms with van der Waals surface area (Å²) in [5.41, 5.74) is 5.60. The van der Waals surface area contributed by atoms with E-state index in [9.17, 15) is 4.79 Å². The van der Waals surface area contributed by atoms with Crippen LogP contribution in [0.15, 0.2) is 12.3 Å². The monoisotopic (exact) mass is 182 g/mol. The van der Waals surface area contributed by atoms with Crippen molar-refractivity contribution in [2.45, 2.75) is 25.8 Å². The van der Waals surface area contributed by atoms with Crippen LogP contribution in [-0.4, -0.2) is 22.1 Å². The molecule has 1 aromatic rings. The molecule has 1 amide bonds. The highest BCUT2D eigenvalue weighted by atomic mass is 16.2. The Labute approximate surface area is 76.7 Å². The number of hydrogen-bond donors (Lipinski definition) is 3. The number of rotatable bonds is 4. The molecule has 0 aliphatic heterocycles. The summed E-state index contributed by atoms with van der Waals surface area (Å²) >= 11 is 0. The molecule has 0 radical (unpaired) electrons. The van der Waals surface area contributed by atoms with Crippen LogP contribution in [0, 0.1) is 0 Å². The van der Waals surface area contributed by atoms with Crippen LogP contribution >= 0.6 is 0 Å². The van der Waals surface area contributed by atoms with Crippen molar-refractivity contribution in [1.82, 2.24) is 10.2 Å². The van der Waals surface area contributed by atoms with Crippen LogP contribution in [-0.2, 0) is 4.79 Å². The second-order valence-electron chi connectivity index (χ2n) is 2.85. The molecular formula is C8H14N4O. The summed E-state index contributed by atoms with van der Waals surface area (Å²) in [5.74, 6) is 0.405. The number of H-pyrrole nitrogens is 1. The maximum absolute atomic E-state index is 11.3. The quantitative estimate of drug-likeness (QED) is 0.633. The van der Waals surface area contributed by atoms with E-state index in [1.54, 1.807) is 12.3 Å². The van der Waals surface area contributed by atoms with E-state index in [-0.39, 0.29) is 5.91 Å². The molecule has 5 nitrogen and oxygen atoms in total. The molecule has 1 aromatic heterocycles. The number of carbonyl (C=O) groups excluding carboxylic acids is 1. The summed E-state index contributed by atoms with van der Waals surface area (Å²) in [6.45, 7) is 1.99. The first kappa shape index (κ1) is 9.73. The molecule has 0 saturated carbocycles. The standard InChI is InChI=1S/C8H14N4O/c1-2-3-6(9)8(13)11-7-4-5-10-12-7/h4-6H,2-3,9H2,1H3,(H2,10,11,12,13). The number of hydrogen-bond acceptors (Lipinski definition) is 3. The van der Waals surface area contributed by atoms with E-state index in [4.69, 9.17) is 5.73 Å². The van der Waals surface area contributed by atoms with Gasteiger partial charge in [-0.25, -0.2) is 0 Å². The summed E-state index contributed by atoms with van der Waals surface area (Å²) in [4.78, 5) is 11.3. The maximum Gasteiger partial charge on any atom is 0.242 e. The Hall–Kier alpha value is -1.36. The van der Waals surface area contributed by atoms with Crippen molar-refractivity contribution in [3.8, 4) is 0 Å². The van der Waals surface area contributed by atoms with E-state index in [0.717, 1.165) is 6.42 Å². The van der Waals surface area contributed by atoms with Gasteiger partial charge in [-0.1, -0.05) is 13.3 Å². The van der Waals surface area contributed by atoms with E-state index < -0.39 is 6.04 Å². The fraction of sp³-hybridized carbons (Fsp3) is 0.500. The summed E-state index contributed by atoms with van der Waals surface area (Å²) in [6, 6.07) is 1.24. The molecule has 1 heterocycles. The number of amides is 1. The van der Waals surface area contributed by atoms with Gasteiger partial charge in [0.2, 0.25) is 5.91 Å². The van der Waals surface area contributed by atoms with Gasteiger partial charge in [-0.2, -0.15) is 5.10 Å². The smallest absolute Gasteiger partial charge is 0.242 e. The van der Waals surface area contributed by atoms with Gasteiger partial charge in [-0.05, 0) is 6.42 Å². The van der Waals surface area contributed by atoms with Crippen LogP contribution in [0.1, 0.15) is 19.8 Å². The highest BCUT2D eigenvalue weighted by molar-refractivity contribution is 5.93. The highest BCUT2D eigenvalue weighted by Crippen LogP contribution is 2.01. The normalized spacial score (nSPS) is 12.5. The van der Waals surface area contributed by atoms with Gasteiger partial charge in [-0.15, -0.1) is 0 Å². The van der Waals surface area contributed by atoms with E-state index in [2.05, 4.69) is 15.5 Å². The summed E-state index contributed by atoms with van der Waals surface area (Å²) in [6.07, 6.45) is 3.17. The van der Waals surface area contributed by atoms with Crippen LogP contribution in [0.4, 0.5) is 5.82 Å². The first-order chi connectivity index (χ1) is 6.24. The van der Waals surface area contributed by atoms with Gasteiger partial charge in [0, 0.05) is 6.07 Å². The zero-order chi connectivity index (χ0) is 9.68. The molecule has 1 unspecified atom stereocenters. The fourth-order valence-corrected chi connectivity index (χ4v) is 0.993. The molecule has 1 rings (SSSR count). The molecule has 0 saturated heterocycles. The molecule has 1 atom stereocenters. The number of nitrogens with one attached hydrogen (secondary N) is 2. The minimum atomic E-state index is -0.437. The van der Waals surface area contributed by atoms with Gasteiger partial charge < -0.3 is 11.1 Å². The molecule has 0 aromatic carbocycles. The molecule has 0 bridgehead atoms. The van der Waals surface area contributed by atoms with Crippen molar-refractivity contribution in [3.63, 3.8) is 0 Å². The van der Waals surface area contributed by atoms with Crippen molar-refractivity contribution >= 4 is 11.7 Å². The molecular weight excluding hydrogens is 168 g/mol. The van der Waals surface area contributed by atoms with Crippen LogP contribution in [0.2, 0.25) is 0 Å². The van der Waals surface area contributed by atoms with E-state index in [1.165, 1.54) is 0 Å². The number of nitrogens with zero attached hydrogens (tertiary/aromatic N) is 1. The lowest BCUT2D eigenvalue weighted by Gasteiger charge is -2.08. The fourth-order valence-electron chi connectivity index (χ4n) is 0.993. The Kier molecular flexibility index (Phi) is 3.45. The Balaban J connectivity index is 2.41. The third-order valence-corrected chi connectivity index (χ3v) is 1.70. The zero-order valence-corrected chi connectivity index (χ0v) is 7.58. The Morgan fingerprint density at radius 1 is 1.85 bits per heavy atom. The van der Waals surface area contributed by atoms with Gasteiger partial charge in [0.1, 0.15) is 5.82 Å². The molecule has 0 aliphatic carbocycles. The molecule has 13 heavy (non-hydrogen) atoms. The molecule has 4 N–H and O–H groups in total. The lowest BCUT2D eigenvalue weighted by Crippen LogP contribution is -2.35. The predicted molar refractivity (Wildman–Crippen MR) is 50.1 cm³/mol. The number of carbonyl (C=O) groups is 1. The lowest BCUT2D eigenvalue weighted by molar-refractivity contribution is -0.117. The average Bonchev–Trinajstić information content (AvgIpc) is 2.57. The number of anilines is 1. The van der Waals surface area contributed by atoms with E-state index >= 15 is 0 Å². The molecule has 0 spiro atoms. The zero-order valence-electron chi connectivity index (χ0n) is 7.58. The van der Waals surface area contributed by atoms with Gasteiger partial charge in [0.25, 0.3) is 0 Å². The summed E-state index contributed by atoms with van der Waals surface area (Å²) < 4.78 is 0. The SMILES string of the molecule is CCCC(N)C(=O)Nc1ccn[nH]1. The van der Waals surface area contributed by atoms with Crippen LogP contribution in [0.5, 0.6) is 0 Å². The maximum atomic E-state index is 11.3. The molecule has 72 valence electrons. The number of aromatic nitrogens is 2. The minimum Gasteiger partial charge on any atom is -0.320 e. The second-order valence-corrected chi connectivity index (χ2v) is 2.85. The van der Waals surface area contributed by atoms with E-state index in [0.29, 0.717) is 12.2 Å². The molecule has 0 aliphatic rings. The number of aromatic amines is 1. The van der Waals surface area contributed by atoms with Crippen molar-refractivity contribution in [1.29, 1.82) is 0 Å². The first-order valence-electron chi connectivity index (χ1n) is 4.30. The number of nitrogens with two attached hydrogens (primary N) is 1. The molecule has 0 fully saturated rings. The van der Waals surface area contributed by atoms with Crippen molar-refractivity contribution < 1.29 is 4.79 Å². The van der Waals surface area contributed by atoms with Gasteiger partial charge in [0.15, 0.2) is 0 Å². The average molecular weight is 182 g/mol. The first-order valence-corrected chi connectivity index (χ1v) is 4.30. The summed E-state index contributed by atoms with van der Waals surface area (Å²) in [5, 5.41) is 8.95. The van der Waals surface area contributed by atoms with Crippen LogP contribution in [0.25, 0.3) is 0 Å². The van der Waals surface area contributed by atoms with Gasteiger partial charge in [-0.3, -0.25) is 9.89 Å². The Morgan fingerprint density at radius 2 is 2.62 bits per heavy atom. The van der Waals surface area contributed by atoms with Gasteiger partial charge in [0.05, 0.1) is 12.2 Å². The minimum absolute atomic E-state index is 0.175. The Morgan fingerprint density at radius 3 is 3.15 bits per heavy atom. The summed E-state index contributed by atoms with van der Waals surface area (Å²) in [7, 11) is 0. The predicted octanol–water partition coefficient (Wildman–Crippen LogP) is 0.476. The third-order valence-electron chi connectivity index (χ3n) is 1.70. The van der Waals surface area contributed by atoms with Crippen LogP contribution < -0.4 is 11.1 Å². The van der Waals surface area contributed by atoms with Crippen molar-refractivity contribution in [3.05, 3.63) is 12.3 Å². The van der Waals surface area contributed by atoms with Gasteiger partial charge >= 0.3 is 0 Å². The topological polar surface area (TPSA) is 83.8 Å². The van der Waals surface area contributed by atoms with Crippen molar-refractivity contribution in [2.24, 2.45) is 5.73 Å². The Bertz CT molecular complexity index is 257.